The number of carboxylic acids is 1. The second kappa shape index (κ2) is 8.10. The van der Waals surface area contributed by atoms with Gasteiger partial charge < -0.3 is 15.1 Å². The third kappa shape index (κ3) is 3.94. The molecule has 0 radical (unpaired) electrons. The van der Waals surface area contributed by atoms with Gasteiger partial charge in [0.15, 0.2) is 11.6 Å². The summed E-state index contributed by atoms with van der Waals surface area (Å²) in [6.07, 6.45) is 2.51. The summed E-state index contributed by atoms with van der Waals surface area (Å²) in [5.41, 5.74) is -0.351. The van der Waals surface area contributed by atoms with Crippen LogP contribution in [0, 0.1) is 17.0 Å². The zero-order valence-corrected chi connectivity index (χ0v) is 15.7. The highest BCUT2D eigenvalue weighted by molar-refractivity contribution is 5.75. The number of carbonyl (C=O) groups is 1. The highest BCUT2D eigenvalue weighted by Gasteiger charge is 2.48. The normalized spacial score (nSPS) is 27.7. The van der Waals surface area contributed by atoms with Crippen LogP contribution in [0.25, 0.3) is 0 Å². The fraction of sp³-hybridized carbons (Fsp3) is 0.650. The minimum Gasteiger partial charge on any atom is -0.481 e. The third-order valence-corrected chi connectivity index (χ3v) is 6.26. The van der Waals surface area contributed by atoms with Crippen LogP contribution in [0.2, 0.25) is 0 Å². The third-order valence-electron chi connectivity index (χ3n) is 6.26. The number of aliphatic hydroxyl groups excluding tert-OH is 1. The van der Waals surface area contributed by atoms with Gasteiger partial charge in [-0.1, -0.05) is 13.3 Å². The van der Waals surface area contributed by atoms with Gasteiger partial charge in [0, 0.05) is 37.4 Å². The molecule has 0 bridgehead atoms. The average Bonchev–Trinajstić information content (AvgIpc) is 2.66. The molecule has 1 aromatic rings. The smallest absolute Gasteiger partial charge is 0.312 e. The molecule has 2 aliphatic rings. The number of piperidine rings is 2. The Morgan fingerprint density at radius 2 is 1.93 bits per heavy atom. The molecular formula is C20H28F2N2O3. The first-order valence-electron chi connectivity index (χ1n) is 9.73. The lowest BCUT2D eigenvalue weighted by Gasteiger charge is -2.47. The summed E-state index contributed by atoms with van der Waals surface area (Å²) in [5, 5.41) is 20.2. The quantitative estimate of drug-likeness (QED) is 0.820. The van der Waals surface area contributed by atoms with E-state index in [1.54, 1.807) is 6.07 Å². The SMILES string of the molecule is CCC[C@]1(C(=O)O)CCN(C2CCN(c3ccc(F)c(F)c3)CC2)C[C@@H]1O. The first kappa shape index (κ1) is 20.0. The van der Waals surface area contributed by atoms with Gasteiger partial charge in [-0.05, 0) is 44.4 Å². The molecule has 2 heterocycles. The van der Waals surface area contributed by atoms with Crippen LogP contribution in [0.3, 0.4) is 0 Å². The van der Waals surface area contributed by atoms with Gasteiger partial charge in [-0.25, -0.2) is 8.78 Å². The molecule has 3 rings (SSSR count). The van der Waals surface area contributed by atoms with E-state index in [-0.39, 0.29) is 6.04 Å². The number of hydrogen-bond acceptors (Lipinski definition) is 4. The Balaban J connectivity index is 1.59. The minimum absolute atomic E-state index is 0.273. The van der Waals surface area contributed by atoms with E-state index in [1.165, 1.54) is 6.07 Å². The van der Waals surface area contributed by atoms with Crippen LogP contribution in [0.15, 0.2) is 18.2 Å². The number of aliphatic hydroxyl groups is 1. The van der Waals surface area contributed by atoms with Gasteiger partial charge in [0.2, 0.25) is 0 Å². The summed E-state index contributed by atoms with van der Waals surface area (Å²) in [6.45, 7) is 4.43. The highest BCUT2D eigenvalue weighted by Crippen LogP contribution is 2.38. The number of β-amino-alcohol motifs (C(OH)–C–C–N with tert-alkyl or cyclic N) is 1. The number of aliphatic carboxylic acids is 1. The van der Waals surface area contributed by atoms with E-state index in [4.69, 9.17) is 0 Å². The molecule has 0 spiro atoms. The van der Waals surface area contributed by atoms with Crippen LogP contribution in [-0.2, 0) is 4.79 Å². The van der Waals surface area contributed by atoms with E-state index in [1.807, 2.05) is 11.8 Å². The van der Waals surface area contributed by atoms with Crippen molar-refractivity contribution >= 4 is 11.7 Å². The molecule has 7 heteroatoms. The van der Waals surface area contributed by atoms with Crippen molar-refractivity contribution in [3.05, 3.63) is 29.8 Å². The summed E-state index contributed by atoms with van der Waals surface area (Å²) in [7, 11) is 0. The fourth-order valence-electron chi connectivity index (χ4n) is 4.59. The number of halogens is 2. The second-order valence-electron chi connectivity index (χ2n) is 7.79. The van der Waals surface area contributed by atoms with Crippen molar-refractivity contribution in [3.8, 4) is 0 Å². The zero-order valence-electron chi connectivity index (χ0n) is 15.7. The summed E-state index contributed by atoms with van der Waals surface area (Å²) >= 11 is 0. The molecule has 150 valence electrons. The molecule has 2 atom stereocenters. The van der Waals surface area contributed by atoms with Crippen molar-refractivity contribution in [3.63, 3.8) is 0 Å². The van der Waals surface area contributed by atoms with Gasteiger partial charge >= 0.3 is 5.97 Å². The van der Waals surface area contributed by atoms with Crippen molar-refractivity contribution in [2.75, 3.05) is 31.1 Å². The molecule has 0 amide bonds. The maximum absolute atomic E-state index is 13.5. The Morgan fingerprint density at radius 1 is 1.22 bits per heavy atom. The summed E-state index contributed by atoms with van der Waals surface area (Å²) < 4.78 is 26.6. The average molecular weight is 382 g/mol. The van der Waals surface area contributed by atoms with Crippen LogP contribution in [0.1, 0.15) is 39.0 Å². The fourth-order valence-corrected chi connectivity index (χ4v) is 4.59. The molecule has 2 saturated heterocycles. The lowest BCUT2D eigenvalue weighted by molar-refractivity contribution is -0.165. The molecule has 0 aliphatic carbocycles. The van der Waals surface area contributed by atoms with Crippen molar-refractivity contribution in [2.45, 2.75) is 51.2 Å². The Bertz CT molecular complexity index is 679. The predicted octanol–water partition coefficient (Wildman–Crippen LogP) is 2.87. The van der Waals surface area contributed by atoms with Crippen molar-refractivity contribution in [1.29, 1.82) is 0 Å². The van der Waals surface area contributed by atoms with Crippen molar-refractivity contribution < 1.29 is 23.8 Å². The molecule has 2 aliphatic heterocycles. The molecule has 2 fully saturated rings. The topological polar surface area (TPSA) is 64.0 Å². The Labute approximate surface area is 158 Å². The zero-order chi connectivity index (χ0) is 19.6. The molecule has 5 nitrogen and oxygen atoms in total. The Morgan fingerprint density at radius 3 is 2.48 bits per heavy atom. The van der Waals surface area contributed by atoms with Crippen LogP contribution >= 0.6 is 0 Å². The Kier molecular flexibility index (Phi) is 6.01. The monoisotopic (exact) mass is 382 g/mol. The van der Waals surface area contributed by atoms with E-state index >= 15 is 0 Å². The van der Waals surface area contributed by atoms with Gasteiger partial charge in [-0.15, -0.1) is 0 Å². The summed E-state index contributed by atoms with van der Waals surface area (Å²) in [4.78, 5) is 16.0. The predicted molar refractivity (Wildman–Crippen MR) is 98.8 cm³/mol. The number of rotatable bonds is 5. The van der Waals surface area contributed by atoms with Gasteiger partial charge in [-0.3, -0.25) is 9.69 Å². The maximum Gasteiger partial charge on any atom is 0.312 e. The first-order valence-corrected chi connectivity index (χ1v) is 9.73. The number of benzene rings is 1. The van der Waals surface area contributed by atoms with Crippen LogP contribution < -0.4 is 4.90 Å². The summed E-state index contributed by atoms with van der Waals surface area (Å²) in [6, 6.07) is 4.24. The molecule has 2 N–H and O–H groups in total. The molecule has 1 aromatic carbocycles. The van der Waals surface area contributed by atoms with Crippen molar-refractivity contribution in [1.82, 2.24) is 4.90 Å². The standard InChI is InChI=1S/C20H28F2N2O3/c1-2-7-20(19(26)27)8-11-24(13-18(20)25)14-5-9-23(10-6-14)15-3-4-16(21)17(22)12-15/h3-4,12,14,18,25H,2,5-11,13H2,1H3,(H,26,27)/t18-,20-/m0/s1. The van der Waals surface area contributed by atoms with E-state index < -0.39 is 29.1 Å². The lowest BCUT2D eigenvalue weighted by atomic mass is 9.72. The molecular weight excluding hydrogens is 354 g/mol. The maximum atomic E-state index is 13.5. The number of likely N-dealkylation sites (tertiary alicyclic amines) is 1. The van der Waals surface area contributed by atoms with E-state index in [2.05, 4.69) is 4.90 Å². The van der Waals surface area contributed by atoms with Crippen molar-refractivity contribution in [2.24, 2.45) is 5.41 Å². The van der Waals surface area contributed by atoms with Gasteiger partial charge in [0.05, 0.1) is 11.5 Å². The molecule has 0 aromatic heterocycles. The van der Waals surface area contributed by atoms with E-state index in [0.717, 1.165) is 38.4 Å². The van der Waals surface area contributed by atoms with Crippen LogP contribution in [0.5, 0.6) is 0 Å². The molecule has 0 unspecified atom stereocenters. The number of anilines is 1. The van der Waals surface area contributed by atoms with E-state index in [0.29, 0.717) is 31.6 Å². The largest absolute Gasteiger partial charge is 0.481 e. The van der Waals surface area contributed by atoms with Gasteiger partial charge in [-0.2, -0.15) is 0 Å². The first-order chi connectivity index (χ1) is 12.9. The number of carboxylic acid groups (broad SMARTS) is 1. The van der Waals surface area contributed by atoms with E-state index in [9.17, 15) is 23.8 Å². The molecule has 0 saturated carbocycles. The minimum atomic E-state index is -1.03. The van der Waals surface area contributed by atoms with Gasteiger partial charge in [0.1, 0.15) is 0 Å². The number of hydrogen-bond donors (Lipinski definition) is 2. The van der Waals surface area contributed by atoms with Gasteiger partial charge in [0.25, 0.3) is 0 Å². The van der Waals surface area contributed by atoms with Crippen LogP contribution in [0.4, 0.5) is 14.5 Å². The summed E-state index contributed by atoms with van der Waals surface area (Å²) in [5.74, 6) is -2.58. The van der Waals surface area contributed by atoms with Crippen LogP contribution in [-0.4, -0.2) is 59.4 Å². The highest BCUT2D eigenvalue weighted by atomic mass is 19.2. The second-order valence-corrected chi connectivity index (χ2v) is 7.79. The Hall–Kier alpha value is -1.73. The number of nitrogens with zero attached hydrogens (tertiary/aromatic N) is 2. The lowest BCUT2D eigenvalue weighted by Crippen LogP contribution is -2.58. The molecule has 27 heavy (non-hydrogen) atoms.